The lowest BCUT2D eigenvalue weighted by Gasteiger charge is -2.13. The van der Waals surface area contributed by atoms with Crippen molar-refractivity contribution in [2.75, 3.05) is 0 Å². The molecule has 0 atom stereocenters. The van der Waals surface area contributed by atoms with Crippen molar-refractivity contribution in [1.82, 2.24) is 4.57 Å². The van der Waals surface area contributed by atoms with E-state index in [0.29, 0.717) is 6.54 Å². The summed E-state index contributed by atoms with van der Waals surface area (Å²) in [4.78, 5) is 12.1. The summed E-state index contributed by atoms with van der Waals surface area (Å²) in [5, 5.41) is 0. The van der Waals surface area contributed by atoms with Gasteiger partial charge in [-0.15, -0.1) is 0 Å². The summed E-state index contributed by atoms with van der Waals surface area (Å²) in [6, 6.07) is 8.14. The molecule has 0 amide bonds. The van der Waals surface area contributed by atoms with Gasteiger partial charge in [-0.1, -0.05) is 24.4 Å². The number of nitrogens with two attached hydrogens (primary N) is 1. The fourth-order valence-corrected chi connectivity index (χ4v) is 3.01. The summed E-state index contributed by atoms with van der Waals surface area (Å²) < 4.78 is 15.4. The lowest BCUT2D eigenvalue weighted by atomic mass is 10.1. The van der Waals surface area contributed by atoms with E-state index in [1.165, 1.54) is 11.6 Å². The minimum absolute atomic E-state index is 0.0278. The average molecular weight is 302 g/mol. The molecule has 0 saturated heterocycles. The third-order valence-electron chi connectivity index (χ3n) is 3.89. The van der Waals surface area contributed by atoms with E-state index in [9.17, 15) is 9.18 Å². The van der Waals surface area contributed by atoms with E-state index >= 15 is 0 Å². The van der Waals surface area contributed by atoms with E-state index < -0.39 is 5.82 Å². The van der Waals surface area contributed by atoms with Gasteiger partial charge in [0.2, 0.25) is 0 Å². The fraction of sp³-hybridized carbons (Fsp3) is 0.250. The normalized spacial score (nSPS) is 13.2. The second kappa shape index (κ2) is 5.41. The highest BCUT2D eigenvalue weighted by Crippen LogP contribution is 2.21. The molecule has 1 heterocycles. The van der Waals surface area contributed by atoms with Crippen molar-refractivity contribution >= 4 is 17.2 Å². The van der Waals surface area contributed by atoms with Gasteiger partial charge in [0.05, 0.1) is 6.54 Å². The van der Waals surface area contributed by atoms with Crippen molar-refractivity contribution in [2.24, 2.45) is 5.73 Å². The summed E-state index contributed by atoms with van der Waals surface area (Å²) in [6.07, 6.45) is 2.99. The molecule has 1 aliphatic rings. The molecule has 1 aromatic carbocycles. The Morgan fingerprint density at radius 2 is 2.10 bits per heavy atom. The van der Waals surface area contributed by atoms with Crippen LogP contribution in [0.5, 0.6) is 0 Å². The van der Waals surface area contributed by atoms with Crippen LogP contribution in [0.15, 0.2) is 35.1 Å². The van der Waals surface area contributed by atoms with Crippen molar-refractivity contribution < 1.29 is 4.39 Å². The highest BCUT2D eigenvalue weighted by molar-refractivity contribution is 7.80. The molecule has 0 spiro atoms. The molecule has 0 saturated carbocycles. The van der Waals surface area contributed by atoms with Gasteiger partial charge >= 0.3 is 0 Å². The van der Waals surface area contributed by atoms with Gasteiger partial charge in [0.1, 0.15) is 10.8 Å². The second-order valence-corrected chi connectivity index (χ2v) is 5.70. The number of aromatic nitrogens is 1. The number of rotatable bonds is 3. The van der Waals surface area contributed by atoms with Gasteiger partial charge in [0, 0.05) is 17.3 Å². The molecule has 3 rings (SSSR count). The lowest BCUT2D eigenvalue weighted by molar-refractivity contribution is 0.623. The van der Waals surface area contributed by atoms with Gasteiger partial charge in [-0.25, -0.2) is 4.39 Å². The number of hydrogen-bond donors (Lipinski definition) is 1. The fourth-order valence-electron chi connectivity index (χ4n) is 2.85. The number of aryl methyl sites for hydroxylation is 1. The van der Waals surface area contributed by atoms with Crippen LogP contribution < -0.4 is 11.3 Å². The molecule has 0 aliphatic heterocycles. The first-order chi connectivity index (χ1) is 10.1. The molecule has 1 aromatic heterocycles. The van der Waals surface area contributed by atoms with E-state index in [4.69, 9.17) is 18.0 Å². The van der Waals surface area contributed by atoms with Gasteiger partial charge in [0.25, 0.3) is 5.56 Å². The summed E-state index contributed by atoms with van der Waals surface area (Å²) in [5.41, 5.74) is 8.85. The van der Waals surface area contributed by atoms with Crippen molar-refractivity contribution in [3.63, 3.8) is 0 Å². The van der Waals surface area contributed by atoms with Gasteiger partial charge in [-0.2, -0.15) is 0 Å². The minimum atomic E-state index is -0.433. The zero-order valence-electron chi connectivity index (χ0n) is 11.4. The van der Waals surface area contributed by atoms with E-state index in [1.807, 2.05) is 6.07 Å². The molecule has 1 aliphatic carbocycles. The summed E-state index contributed by atoms with van der Waals surface area (Å²) in [7, 11) is 0. The van der Waals surface area contributed by atoms with Gasteiger partial charge in [-0.3, -0.25) is 4.79 Å². The van der Waals surface area contributed by atoms with E-state index in [0.717, 1.165) is 30.5 Å². The monoisotopic (exact) mass is 302 g/mol. The standard InChI is InChI=1S/C16H15FN2OS/c17-13-6-4-10(8-12(13)16(18)21)9-19-14-3-1-2-11(14)5-7-15(19)20/h4-8H,1-3,9H2,(H2,18,21). The van der Waals surface area contributed by atoms with Crippen molar-refractivity contribution in [3.05, 3.63) is 68.9 Å². The van der Waals surface area contributed by atoms with Crippen molar-refractivity contribution in [3.8, 4) is 0 Å². The van der Waals surface area contributed by atoms with Gasteiger partial charge < -0.3 is 10.3 Å². The van der Waals surface area contributed by atoms with Crippen LogP contribution in [-0.2, 0) is 19.4 Å². The van der Waals surface area contributed by atoms with Crippen LogP contribution in [0, 0.1) is 5.82 Å². The molecule has 0 bridgehead atoms. The zero-order chi connectivity index (χ0) is 15.0. The maximum atomic E-state index is 13.6. The lowest BCUT2D eigenvalue weighted by Crippen LogP contribution is -2.23. The maximum absolute atomic E-state index is 13.6. The third kappa shape index (κ3) is 2.61. The number of pyridine rings is 1. The Labute approximate surface area is 127 Å². The van der Waals surface area contributed by atoms with Crippen LogP contribution in [0.25, 0.3) is 0 Å². The molecule has 3 nitrogen and oxygen atoms in total. The van der Waals surface area contributed by atoms with E-state index in [-0.39, 0.29) is 16.1 Å². The zero-order valence-corrected chi connectivity index (χ0v) is 12.3. The summed E-state index contributed by atoms with van der Waals surface area (Å²) in [6.45, 7) is 0.415. The Morgan fingerprint density at radius 3 is 2.86 bits per heavy atom. The topological polar surface area (TPSA) is 48.0 Å². The number of benzene rings is 1. The Balaban J connectivity index is 2.02. The Morgan fingerprint density at radius 1 is 1.29 bits per heavy atom. The van der Waals surface area contributed by atoms with Crippen LogP contribution in [0.2, 0.25) is 0 Å². The number of hydrogen-bond acceptors (Lipinski definition) is 2. The SMILES string of the molecule is NC(=S)c1cc(Cn2c3c(ccc2=O)CCC3)ccc1F. The number of halogens is 1. The molecule has 0 fully saturated rings. The first-order valence-corrected chi connectivity index (χ1v) is 7.27. The minimum Gasteiger partial charge on any atom is -0.389 e. The molecule has 2 N–H and O–H groups in total. The smallest absolute Gasteiger partial charge is 0.251 e. The van der Waals surface area contributed by atoms with Crippen LogP contribution in [0.3, 0.4) is 0 Å². The van der Waals surface area contributed by atoms with Crippen LogP contribution in [-0.4, -0.2) is 9.56 Å². The van der Waals surface area contributed by atoms with Crippen LogP contribution in [0.1, 0.15) is 28.8 Å². The third-order valence-corrected chi connectivity index (χ3v) is 4.11. The average Bonchev–Trinajstić information content (AvgIpc) is 2.92. The summed E-state index contributed by atoms with van der Waals surface area (Å²) >= 11 is 4.85. The quantitative estimate of drug-likeness (QED) is 0.884. The Kier molecular flexibility index (Phi) is 3.59. The number of fused-ring (bicyclic) bond motifs is 1. The molecule has 21 heavy (non-hydrogen) atoms. The van der Waals surface area contributed by atoms with Gasteiger partial charge in [-0.05, 0) is 42.5 Å². The first-order valence-electron chi connectivity index (χ1n) is 6.86. The maximum Gasteiger partial charge on any atom is 0.251 e. The number of thiocarbonyl (C=S) groups is 1. The van der Waals surface area contributed by atoms with E-state index in [2.05, 4.69) is 0 Å². The van der Waals surface area contributed by atoms with Crippen LogP contribution >= 0.6 is 12.2 Å². The van der Waals surface area contributed by atoms with Crippen LogP contribution in [0.4, 0.5) is 4.39 Å². The highest BCUT2D eigenvalue weighted by atomic mass is 32.1. The molecule has 0 radical (unpaired) electrons. The molecular formula is C16H15FN2OS. The van der Waals surface area contributed by atoms with Gasteiger partial charge in [0.15, 0.2) is 0 Å². The predicted octanol–water partition coefficient (Wildman–Crippen LogP) is 2.16. The van der Waals surface area contributed by atoms with E-state index in [1.54, 1.807) is 22.8 Å². The molecule has 108 valence electrons. The predicted molar refractivity (Wildman–Crippen MR) is 84.1 cm³/mol. The summed E-state index contributed by atoms with van der Waals surface area (Å²) in [5.74, 6) is -0.433. The Bertz CT molecular complexity index is 782. The Hall–Kier alpha value is -2.01. The van der Waals surface area contributed by atoms with Crippen molar-refractivity contribution in [1.29, 1.82) is 0 Å². The molecule has 2 aromatic rings. The number of nitrogens with zero attached hydrogens (tertiary/aromatic N) is 1. The molecular weight excluding hydrogens is 287 g/mol. The first kappa shape index (κ1) is 13.9. The molecule has 5 heteroatoms. The van der Waals surface area contributed by atoms with Crippen molar-refractivity contribution in [2.45, 2.75) is 25.8 Å². The molecule has 0 unspecified atom stereocenters. The highest BCUT2D eigenvalue weighted by Gasteiger charge is 2.16. The second-order valence-electron chi connectivity index (χ2n) is 5.26. The largest absolute Gasteiger partial charge is 0.389 e.